The van der Waals surface area contributed by atoms with E-state index < -0.39 is 5.97 Å². The average molecular weight is 356 g/mol. The van der Waals surface area contributed by atoms with Crippen molar-refractivity contribution in [3.8, 4) is 10.4 Å². The largest absolute Gasteiger partial charge is 0.478 e. The van der Waals surface area contributed by atoms with Crippen molar-refractivity contribution in [2.24, 2.45) is 0 Å². The van der Waals surface area contributed by atoms with Crippen LogP contribution in [0.1, 0.15) is 36.0 Å². The molecule has 0 saturated carbocycles. The Morgan fingerprint density at radius 2 is 1.92 bits per heavy atom. The molecule has 0 saturated heterocycles. The van der Waals surface area contributed by atoms with Crippen LogP contribution < -0.4 is 0 Å². The normalized spacial score (nSPS) is 10.8. The number of Topliss-reactive ketones (excluding diaryl/α,β-unsaturated/α-hetero) is 1. The van der Waals surface area contributed by atoms with E-state index in [1.54, 1.807) is 17.4 Å². The molecule has 3 rings (SSSR count). The zero-order valence-corrected chi connectivity index (χ0v) is 15.0. The number of thiophene rings is 2. The lowest BCUT2D eigenvalue weighted by atomic mass is 10.0. The Hall–Kier alpha value is -2.24. The molecule has 3 nitrogen and oxygen atoms in total. The Bertz CT molecular complexity index is 918. The second kappa shape index (κ2) is 6.71. The molecule has 0 spiro atoms. The molecule has 0 aliphatic heterocycles. The van der Waals surface area contributed by atoms with Crippen molar-refractivity contribution in [2.45, 2.75) is 20.3 Å². The van der Waals surface area contributed by atoms with Crippen molar-refractivity contribution in [3.63, 3.8) is 0 Å². The summed E-state index contributed by atoms with van der Waals surface area (Å²) in [6, 6.07) is 11.3. The SMILES string of the molecule is Cc1cccc(C(=O)Cc2scc(-c3ccc(C)s3)c2C(=O)O)c1. The van der Waals surface area contributed by atoms with Gasteiger partial charge in [0.25, 0.3) is 0 Å². The number of aryl methyl sites for hydroxylation is 2. The van der Waals surface area contributed by atoms with Gasteiger partial charge in [0.15, 0.2) is 5.78 Å². The number of benzene rings is 1. The van der Waals surface area contributed by atoms with Gasteiger partial charge in [0, 0.05) is 37.6 Å². The van der Waals surface area contributed by atoms with Gasteiger partial charge in [0.05, 0.1) is 5.56 Å². The summed E-state index contributed by atoms with van der Waals surface area (Å²) in [5.74, 6) is -1.04. The van der Waals surface area contributed by atoms with Crippen LogP contribution in [0.25, 0.3) is 10.4 Å². The van der Waals surface area contributed by atoms with Gasteiger partial charge in [-0.25, -0.2) is 4.79 Å². The van der Waals surface area contributed by atoms with Crippen LogP contribution in [0.4, 0.5) is 0 Å². The average Bonchev–Trinajstić information content (AvgIpc) is 3.13. The van der Waals surface area contributed by atoms with Gasteiger partial charge in [0.2, 0.25) is 0 Å². The van der Waals surface area contributed by atoms with Gasteiger partial charge >= 0.3 is 5.97 Å². The van der Waals surface area contributed by atoms with Crippen LogP contribution in [0.2, 0.25) is 0 Å². The fraction of sp³-hybridized carbons (Fsp3) is 0.158. The van der Waals surface area contributed by atoms with Crippen molar-refractivity contribution in [3.05, 3.63) is 68.2 Å². The standard InChI is InChI=1S/C19H16O3S2/c1-11-4-3-5-13(8-11)15(20)9-17-18(19(21)22)14(10-23-17)16-7-6-12(2)24-16/h3-8,10H,9H2,1-2H3,(H,21,22). The zero-order valence-electron chi connectivity index (χ0n) is 13.3. The zero-order chi connectivity index (χ0) is 17.3. The third kappa shape index (κ3) is 3.32. The van der Waals surface area contributed by atoms with E-state index in [1.807, 2.05) is 49.6 Å². The summed E-state index contributed by atoms with van der Waals surface area (Å²) >= 11 is 2.90. The van der Waals surface area contributed by atoms with Crippen molar-refractivity contribution < 1.29 is 14.7 Å². The van der Waals surface area contributed by atoms with E-state index >= 15 is 0 Å². The highest BCUT2D eigenvalue weighted by atomic mass is 32.1. The van der Waals surface area contributed by atoms with Crippen LogP contribution in [0.3, 0.4) is 0 Å². The second-order valence-corrected chi connectivity index (χ2v) is 7.88. The van der Waals surface area contributed by atoms with Crippen molar-refractivity contribution in [1.82, 2.24) is 0 Å². The molecule has 0 unspecified atom stereocenters. The smallest absolute Gasteiger partial charge is 0.337 e. The first-order chi connectivity index (χ1) is 11.5. The summed E-state index contributed by atoms with van der Waals surface area (Å²) in [6.45, 7) is 3.92. The lowest BCUT2D eigenvalue weighted by Gasteiger charge is -2.03. The Morgan fingerprint density at radius 3 is 2.54 bits per heavy atom. The van der Waals surface area contributed by atoms with Gasteiger partial charge in [-0.15, -0.1) is 22.7 Å². The minimum Gasteiger partial charge on any atom is -0.478 e. The molecule has 0 aliphatic carbocycles. The Labute approximate surface area is 148 Å². The maximum atomic E-state index is 12.5. The minimum absolute atomic E-state index is 0.0584. The predicted molar refractivity (Wildman–Crippen MR) is 98.5 cm³/mol. The summed E-state index contributed by atoms with van der Waals surface area (Å²) < 4.78 is 0. The molecule has 0 bridgehead atoms. The molecule has 0 radical (unpaired) electrons. The van der Waals surface area contributed by atoms with Gasteiger partial charge in [-0.05, 0) is 32.0 Å². The lowest BCUT2D eigenvalue weighted by molar-refractivity contribution is 0.0697. The van der Waals surface area contributed by atoms with Crippen molar-refractivity contribution in [1.29, 1.82) is 0 Å². The van der Waals surface area contributed by atoms with Crippen LogP contribution in [0.5, 0.6) is 0 Å². The van der Waals surface area contributed by atoms with Gasteiger partial charge < -0.3 is 5.11 Å². The van der Waals surface area contributed by atoms with E-state index in [0.29, 0.717) is 16.0 Å². The number of carboxylic acids is 1. The number of hydrogen-bond donors (Lipinski definition) is 1. The molecule has 122 valence electrons. The summed E-state index contributed by atoms with van der Waals surface area (Å²) in [5, 5.41) is 11.5. The van der Waals surface area contributed by atoms with E-state index in [9.17, 15) is 14.7 Å². The van der Waals surface area contributed by atoms with Gasteiger partial charge in [-0.3, -0.25) is 4.79 Å². The quantitative estimate of drug-likeness (QED) is 0.638. The van der Waals surface area contributed by atoms with Crippen molar-refractivity contribution in [2.75, 3.05) is 0 Å². The number of ketones is 1. The third-order valence-corrected chi connectivity index (χ3v) is 5.77. The molecule has 0 atom stereocenters. The van der Waals surface area contributed by atoms with Crippen LogP contribution in [0.15, 0.2) is 41.8 Å². The molecule has 0 amide bonds. The first kappa shape index (κ1) is 16.6. The minimum atomic E-state index is -0.982. The third-order valence-electron chi connectivity index (χ3n) is 3.75. The Balaban J connectivity index is 1.95. The number of carbonyl (C=O) groups excluding carboxylic acids is 1. The van der Waals surface area contributed by atoms with E-state index in [0.717, 1.165) is 15.3 Å². The number of carboxylic acid groups (broad SMARTS) is 1. The Morgan fingerprint density at radius 1 is 1.12 bits per heavy atom. The molecule has 2 heterocycles. The molecule has 3 aromatic rings. The van der Waals surface area contributed by atoms with E-state index in [-0.39, 0.29) is 17.8 Å². The van der Waals surface area contributed by atoms with Gasteiger partial charge in [-0.2, -0.15) is 0 Å². The fourth-order valence-electron chi connectivity index (χ4n) is 2.59. The lowest BCUT2D eigenvalue weighted by Crippen LogP contribution is -2.07. The highest BCUT2D eigenvalue weighted by Crippen LogP contribution is 2.36. The highest BCUT2D eigenvalue weighted by molar-refractivity contribution is 7.16. The molecule has 24 heavy (non-hydrogen) atoms. The number of carbonyl (C=O) groups is 2. The summed E-state index contributed by atoms with van der Waals surface area (Å²) in [4.78, 5) is 26.9. The van der Waals surface area contributed by atoms with E-state index in [4.69, 9.17) is 0 Å². The van der Waals surface area contributed by atoms with Gasteiger partial charge in [-0.1, -0.05) is 23.8 Å². The topological polar surface area (TPSA) is 54.4 Å². The molecular weight excluding hydrogens is 340 g/mol. The number of rotatable bonds is 5. The summed E-state index contributed by atoms with van der Waals surface area (Å²) in [5.41, 5.74) is 2.59. The van der Waals surface area contributed by atoms with Crippen molar-refractivity contribution >= 4 is 34.4 Å². The summed E-state index contributed by atoms with van der Waals surface area (Å²) in [6.07, 6.45) is 0.111. The highest BCUT2D eigenvalue weighted by Gasteiger charge is 2.22. The fourth-order valence-corrected chi connectivity index (χ4v) is 4.59. The maximum absolute atomic E-state index is 12.5. The molecule has 0 fully saturated rings. The van der Waals surface area contributed by atoms with E-state index in [2.05, 4.69) is 0 Å². The second-order valence-electron chi connectivity index (χ2n) is 5.63. The van der Waals surface area contributed by atoms with Crippen LogP contribution >= 0.6 is 22.7 Å². The monoisotopic (exact) mass is 356 g/mol. The molecule has 0 aliphatic rings. The summed E-state index contributed by atoms with van der Waals surface area (Å²) in [7, 11) is 0. The van der Waals surface area contributed by atoms with Crippen LogP contribution in [-0.2, 0) is 6.42 Å². The maximum Gasteiger partial charge on any atom is 0.337 e. The number of aromatic carboxylic acids is 1. The predicted octanol–water partition coefficient (Wildman–Crippen LogP) is 5.22. The van der Waals surface area contributed by atoms with Crippen LogP contribution in [-0.4, -0.2) is 16.9 Å². The first-order valence-electron chi connectivity index (χ1n) is 7.46. The Kier molecular flexibility index (Phi) is 4.64. The van der Waals surface area contributed by atoms with Gasteiger partial charge in [0.1, 0.15) is 0 Å². The first-order valence-corrected chi connectivity index (χ1v) is 9.15. The molecule has 1 aromatic carbocycles. The van der Waals surface area contributed by atoms with Crippen LogP contribution in [0, 0.1) is 13.8 Å². The molecule has 2 aromatic heterocycles. The molecule has 1 N–H and O–H groups in total. The molecule has 5 heteroatoms. The molecular formula is C19H16O3S2. The van der Waals surface area contributed by atoms with E-state index in [1.165, 1.54) is 11.3 Å². The number of hydrogen-bond acceptors (Lipinski definition) is 4.